The van der Waals surface area contributed by atoms with Crippen molar-refractivity contribution in [3.63, 3.8) is 0 Å². The van der Waals surface area contributed by atoms with E-state index in [-0.39, 0.29) is 6.10 Å². The van der Waals surface area contributed by atoms with Crippen LogP contribution in [-0.4, -0.2) is 30.3 Å². The minimum absolute atomic E-state index is 0.0978. The molecule has 2 N–H and O–H groups in total. The van der Waals surface area contributed by atoms with Gasteiger partial charge >= 0.3 is 0 Å². The average Bonchev–Trinajstić information content (AvgIpc) is 3.22. The molecule has 0 radical (unpaired) electrons. The zero-order valence-electron chi connectivity index (χ0n) is 11.7. The lowest BCUT2D eigenvalue weighted by Gasteiger charge is -2.31. The van der Waals surface area contributed by atoms with Crippen LogP contribution in [0.25, 0.3) is 0 Å². The number of anilines is 1. The average molecular weight is 260 g/mol. The molecule has 0 atom stereocenters. The zero-order chi connectivity index (χ0) is 13.2. The number of aliphatic hydroxyl groups is 1. The van der Waals surface area contributed by atoms with E-state index >= 15 is 0 Å². The van der Waals surface area contributed by atoms with E-state index in [0.717, 1.165) is 38.5 Å². The summed E-state index contributed by atoms with van der Waals surface area (Å²) in [6.07, 6.45) is 4.37. The Labute approximate surface area is 115 Å². The van der Waals surface area contributed by atoms with Crippen LogP contribution in [0.1, 0.15) is 36.8 Å². The molecule has 1 saturated heterocycles. The highest BCUT2D eigenvalue weighted by Crippen LogP contribution is 2.24. The van der Waals surface area contributed by atoms with Gasteiger partial charge in [-0.25, -0.2) is 0 Å². The summed E-state index contributed by atoms with van der Waals surface area (Å²) in [6, 6.07) is 7.55. The number of aryl methyl sites for hydroxylation is 1. The molecular weight excluding hydrogens is 236 g/mol. The van der Waals surface area contributed by atoms with Gasteiger partial charge in [0.25, 0.3) is 0 Å². The molecule has 3 rings (SSSR count). The van der Waals surface area contributed by atoms with Gasteiger partial charge in [-0.2, -0.15) is 0 Å². The van der Waals surface area contributed by atoms with E-state index in [1.54, 1.807) is 0 Å². The van der Waals surface area contributed by atoms with Crippen LogP contribution in [0.2, 0.25) is 0 Å². The molecule has 0 spiro atoms. The van der Waals surface area contributed by atoms with Gasteiger partial charge in [0.15, 0.2) is 0 Å². The van der Waals surface area contributed by atoms with Crippen molar-refractivity contribution >= 4 is 5.69 Å². The van der Waals surface area contributed by atoms with Crippen molar-refractivity contribution in [2.45, 2.75) is 51.3 Å². The Balaban J connectivity index is 1.64. The lowest BCUT2D eigenvalue weighted by Crippen LogP contribution is -2.35. The molecular formula is C16H24N2O. The van der Waals surface area contributed by atoms with Crippen LogP contribution < -0.4 is 10.2 Å². The zero-order valence-corrected chi connectivity index (χ0v) is 11.7. The van der Waals surface area contributed by atoms with E-state index in [1.807, 2.05) is 0 Å². The summed E-state index contributed by atoms with van der Waals surface area (Å²) in [5.41, 5.74) is 4.09. The fourth-order valence-corrected chi connectivity index (χ4v) is 2.74. The first kappa shape index (κ1) is 12.9. The molecule has 3 heteroatoms. The van der Waals surface area contributed by atoms with Crippen LogP contribution in [0.3, 0.4) is 0 Å². The molecule has 1 aromatic carbocycles. The van der Waals surface area contributed by atoms with Crippen LogP contribution in [0.4, 0.5) is 5.69 Å². The minimum atomic E-state index is -0.0978. The van der Waals surface area contributed by atoms with Crippen molar-refractivity contribution in [1.82, 2.24) is 5.32 Å². The molecule has 3 nitrogen and oxygen atoms in total. The SMILES string of the molecule is Cc1cc(N2CCC(O)CC2)ccc1CNC1CC1. The number of hydrogen-bond donors (Lipinski definition) is 2. The second kappa shape index (κ2) is 5.51. The van der Waals surface area contributed by atoms with Gasteiger partial charge in [-0.05, 0) is 55.9 Å². The maximum absolute atomic E-state index is 9.57. The van der Waals surface area contributed by atoms with Gasteiger partial charge < -0.3 is 15.3 Å². The second-order valence-electron chi connectivity index (χ2n) is 5.98. The van der Waals surface area contributed by atoms with Crippen molar-refractivity contribution in [2.75, 3.05) is 18.0 Å². The van der Waals surface area contributed by atoms with Gasteiger partial charge in [0, 0.05) is 31.4 Å². The smallest absolute Gasteiger partial charge is 0.0574 e. The molecule has 0 unspecified atom stereocenters. The number of benzene rings is 1. The summed E-state index contributed by atoms with van der Waals surface area (Å²) in [7, 11) is 0. The molecule has 1 heterocycles. The summed E-state index contributed by atoms with van der Waals surface area (Å²) >= 11 is 0. The van der Waals surface area contributed by atoms with E-state index in [4.69, 9.17) is 0 Å². The Kier molecular flexibility index (Phi) is 3.76. The Hall–Kier alpha value is -1.06. The molecule has 2 fully saturated rings. The molecule has 19 heavy (non-hydrogen) atoms. The lowest BCUT2D eigenvalue weighted by atomic mass is 10.0. The number of piperidine rings is 1. The summed E-state index contributed by atoms with van der Waals surface area (Å²) in [4.78, 5) is 2.39. The fraction of sp³-hybridized carbons (Fsp3) is 0.625. The summed E-state index contributed by atoms with van der Waals surface area (Å²) in [6.45, 7) is 5.14. The summed E-state index contributed by atoms with van der Waals surface area (Å²) in [5, 5.41) is 13.1. The molecule has 1 saturated carbocycles. The molecule has 1 aromatic rings. The van der Waals surface area contributed by atoms with Crippen LogP contribution >= 0.6 is 0 Å². The third-order valence-electron chi connectivity index (χ3n) is 4.31. The number of aliphatic hydroxyl groups excluding tert-OH is 1. The largest absolute Gasteiger partial charge is 0.393 e. The van der Waals surface area contributed by atoms with Crippen LogP contribution in [0.15, 0.2) is 18.2 Å². The molecule has 104 valence electrons. The lowest BCUT2D eigenvalue weighted by molar-refractivity contribution is 0.145. The number of nitrogens with one attached hydrogen (secondary N) is 1. The molecule has 1 aliphatic carbocycles. The van der Waals surface area contributed by atoms with E-state index in [2.05, 4.69) is 35.3 Å². The maximum Gasteiger partial charge on any atom is 0.0574 e. The van der Waals surface area contributed by atoms with Crippen LogP contribution in [0.5, 0.6) is 0 Å². The number of rotatable bonds is 4. The number of nitrogens with zero attached hydrogens (tertiary/aromatic N) is 1. The van der Waals surface area contributed by atoms with Gasteiger partial charge in [0.1, 0.15) is 0 Å². The van der Waals surface area contributed by atoms with E-state index in [0.29, 0.717) is 0 Å². The van der Waals surface area contributed by atoms with Gasteiger partial charge in [-0.3, -0.25) is 0 Å². The third kappa shape index (κ3) is 3.28. The highest BCUT2D eigenvalue weighted by Gasteiger charge is 2.21. The van der Waals surface area contributed by atoms with Crippen molar-refractivity contribution in [2.24, 2.45) is 0 Å². The maximum atomic E-state index is 9.57. The van der Waals surface area contributed by atoms with Crippen molar-refractivity contribution in [1.29, 1.82) is 0 Å². The van der Waals surface area contributed by atoms with Gasteiger partial charge in [-0.15, -0.1) is 0 Å². The summed E-state index contributed by atoms with van der Waals surface area (Å²) < 4.78 is 0. The molecule has 1 aliphatic heterocycles. The van der Waals surface area contributed by atoms with Crippen molar-refractivity contribution in [3.05, 3.63) is 29.3 Å². The standard InChI is InChI=1S/C16H24N2O/c1-12-10-15(18-8-6-16(19)7-9-18)5-2-13(12)11-17-14-3-4-14/h2,5,10,14,16-17,19H,3-4,6-9,11H2,1H3. The predicted octanol–water partition coefficient (Wildman–Crippen LogP) is 2.21. The van der Waals surface area contributed by atoms with Crippen LogP contribution in [-0.2, 0) is 6.54 Å². The third-order valence-corrected chi connectivity index (χ3v) is 4.31. The first-order valence-electron chi connectivity index (χ1n) is 7.48. The molecule has 2 aliphatic rings. The van der Waals surface area contributed by atoms with E-state index in [9.17, 15) is 5.11 Å². The first-order chi connectivity index (χ1) is 9.22. The normalized spacial score (nSPS) is 20.8. The molecule has 0 bridgehead atoms. The number of hydrogen-bond acceptors (Lipinski definition) is 3. The quantitative estimate of drug-likeness (QED) is 0.871. The predicted molar refractivity (Wildman–Crippen MR) is 78.5 cm³/mol. The Morgan fingerprint density at radius 2 is 1.95 bits per heavy atom. The van der Waals surface area contributed by atoms with E-state index in [1.165, 1.54) is 29.7 Å². The molecule has 0 aromatic heterocycles. The Morgan fingerprint density at radius 3 is 2.58 bits per heavy atom. The Morgan fingerprint density at radius 1 is 1.21 bits per heavy atom. The fourth-order valence-electron chi connectivity index (χ4n) is 2.74. The minimum Gasteiger partial charge on any atom is -0.393 e. The topological polar surface area (TPSA) is 35.5 Å². The highest BCUT2D eigenvalue weighted by atomic mass is 16.3. The monoisotopic (exact) mass is 260 g/mol. The van der Waals surface area contributed by atoms with Crippen molar-refractivity contribution < 1.29 is 5.11 Å². The van der Waals surface area contributed by atoms with Gasteiger partial charge in [0.2, 0.25) is 0 Å². The molecule has 0 amide bonds. The van der Waals surface area contributed by atoms with Gasteiger partial charge in [0.05, 0.1) is 6.10 Å². The highest BCUT2D eigenvalue weighted by molar-refractivity contribution is 5.51. The first-order valence-corrected chi connectivity index (χ1v) is 7.48. The van der Waals surface area contributed by atoms with Gasteiger partial charge in [-0.1, -0.05) is 6.07 Å². The van der Waals surface area contributed by atoms with Crippen LogP contribution in [0, 0.1) is 6.92 Å². The second-order valence-corrected chi connectivity index (χ2v) is 5.98. The van der Waals surface area contributed by atoms with Crippen molar-refractivity contribution in [3.8, 4) is 0 Å². The Bertz CT molecular complexity index is 434. The summed E-state index contributed by atoms with van der Waals surface area (Å²) in [5.74, 6) is 0. The van der Waals surface area contributed by atoms with E-state index < -0.39 is 0 Å².